The van der Waals surface area contributed by atoms with Gasteiger partial charge in [0.15, 0.2) is 0 Å². The third-order valence-electron chi connectivity index (χ3n) is 7.30. The van der Waals surface area contributed by atoms with Gasteiger partial charge >= 0.3 is 8.80 Å². The van der Waals surface area contributed by atoms with Crippen LogP contribution in [-0.2, 0) is 13.3 Å². The Kier molecular flexibility index (Phi) is 28.3. The van der Waals surface area contributed by atoms with E-state index in [1.54, 1.807) is 21.3 Å². The summed E-state index contributed by atoms with van der Waals surface area (Å²) < 4.78 is 16.4. The van der Waals surface area contributed by atoms with Crippen LogP contribution in [0.3, 0.4) is 0 Å². The fraction of sp³-hybridized carbons (Fsp3) is 1.00. The number of hydrogen-bond acceptors (Lipinski definition) is 3. The Balaban J connectivity index is 3.14. The molecule has 0 N–H and O–H groups in total. The number of alkyl halides is 1. The van der Waals surface area contributed by atoms with Gasteiger partial charge in [0.1, 0.15) is 0 Å². The van der Waals surface area contributed by atoms with E-state index in [-0.39, 0.29) is 0 Å². The van der Waals surface area contributed by atoms with Gasteiger partial charge in [0.05, 0.1) is 0 Å². The smallest absolute Gasteiger partial charge is 0.377 e. The fourth-order valence-corrected chi connectivity index (χ4v) is 6.87. The van der Waals surface area contributed by atoms with E-state index in [1.807, 2.05) is 0 Å². The molecule has 0 bridgehead atoms. The lowest BCUT2D eigenvalue weighted by Crippen LogP contribution is -2.42. The molecule has 0 aliphatic rings. The van der Waals surface area contributed by atoms with E-state index in [2.05, 4.69) is 0 Å². The molecule has 0 spiro atoms. The SMILES string of the molecule is CO[Si](CCCCCCCCCCCCCCCCCCCCCCCCCCCl)(OC)OC. The molecule has 0 saturated carbocycles. The summed E-state index contributed by atoms with van der Waals surface area (Å²) in [5.41, 5.74) is 0. The molecule has 206 valence electrons. The molecule has 0 atom stereocenters. The van der Waals surface area contributed by atoms with Gasteiger partial charge in [0, 0.05) is 33.3 Å². The van der Waals surface area contributed by atoms with Gasteiger partial charge < -0.3 is 13.3 Å². The van der Waals surface area contributed by atoms with Crippen molar-refractivity contribution in [1.82, 2.24) is 0 Å². The highest BCUT2D eigenvalue weighted by Crippen LogP contribution is 2.19. The monoisotopic (exact) mass is 520 g/mol. The van der Waals surface area contributed by atoms with Crippen LogP contribution in [0, 0.1) is 0 Å². The van der Waals surface area contributed by atoms with Gasteiger partial charge in [0.25, 0.3) is 0 Å². The van der Waals surface area contributed by atoms with Crippen LogP contribution >= 0.6 is 11.6 Å². The second-order valence-electron chi connectivity index (χ2n) is 10.2. The Labute approximate surface area is 220 Å². The number of hydrogen-bond donors (Lipinski definition) is 0. The molecule has 0 aromatic heterocycles. The number of unbranched alkanes of at least 4 members (excludes halogenated alkanes) is 23. The van der Waals surface area contributed by atoms with Crippen LogP contribution in [-0.4, -0.2) is 36.0 Å². The maximum atomic E-state index is 5.71. The molecule has 3 nitrogen and oxygen atoms in total. The van der Waals surface area contributed by atoms with Crippen LogP contribution in [0.25, 0.3) is 0 Å². The molecule has 0 aliphatic heterocycles. The van der Waals surface area contributed by atoms with Crippen molar-refractivity contribution in [1.29, 1.82) is 0 Å². The Morgan fingerprint density at radius 3 is 0.765 bits per heavy atom. The molecule has 0 aromatic carbocycles. The van der Waals surface area contributed by atoms with Crippen molar-refractivity contribution < 1.29 is 13.3 Å². The summed E-state index contributed by atoms with van der Waals surface area (Å²) in [5, 5.41) is 0. The third kappa shape index (κ3) is 22.8. The summed E-state index contributed by atoms with van der Waals surface area (Å²) in [6.07, 6.45) is 33.6. The predicted octanol–water partition coefficient (Wildman–Crippen LogP) is 10.5. The van der Waals surface area contributed by atoms with Crippen LogP contribution in [0.4, 0.5) is 0 Å². The zero-order valence-electron chi connectivity index (χ0n) is 23.5. The average molecular weight is 521 g/mol. The van der Waals surface area contributed by atoms with E-state index in [1.165, 1.54) is 148 Å². The second-order valence-corrected chi connectivity index (χ2v) is 13.7. The topological polar surface area (TPSA) is 27.7 Å². The van der Waals surface area contributed by atoms with Crippen molar-refractivity contribution in [2.24, 2.45) is 0 Å². The normalized spacial score (nSPS) is 12.0. The van der Waals surface area contributed by atoms with Crippen molar-refractivity contribution >= 4 is 20.4 Å². The number of halogens is 1. The highest BCUT2D eigenvalue weighted by Gasteiger charge is 2.36. The molecule has 0 rings (SSSR count). The molecule has 0 aliphatic carbocycles. The van der Waals surface area contributed by atoms with E-state index in [4.69, 9.17) is 24.9 Å². The molecule has 0 heterocycles. The van der Waals surface area contributed by atoms with Crippen molar-refractivity contribution in [2.75, 3.05) is 27.2 Å². The maximum Gasteiger partial charge on any atom is 0.500 e. The van der Waals surface area contributed by atoms with Crippen LogP contribution in [0.1, 0.15) is 154 Å². The average Bonchev–Trinajstić information content (AvgIpc) is 2.86. The van der Waals surface area contributed by atoms with Crippen LogP contribution in [0.5, 0.6) is 0 Å². The molecular formula is C29H61ClO3Si. The minimum absolute atomic E-state index is 0.839. The van der Waals surface area contributed by atoms with Crippen molar-refractivity contribution in [3.63, 3.8) is 0 Å². The van der Waals surface area contributed by atoms with Crippen LogP contribution in [0.2, 0.25) is 6.04 Å². The van der Waals surface area contributed by atoms with Crippen molar-refractivity contribution in [3.8, 4) is 0 Å². The Bertz CT molecular complexity index is 372. The van der Waals surface area contributed by atoms with Gasteiger partial charge in [-0.3, -0.25) is 0 Å². The second kappa shape index (κ2) is 28.0. The summed E-state index contributed by atoms with van der Waals surface area (Å²) in [4.78, 5) is 0. The summed E-state index contributed by atoms with van der Waals surface area (Å²) in [7, 11) is 2.78. The minimum atomic E-state index is -2.34. The lowest BCUT2D eigenvalue weighted by atomic mass is 10.0. The van der Waals surface area contributed by atoms with E-state index in [0.29, 0.717) is 0 Å². The quantitative estimate of drug-likeness (QED) is 0.0557. The molecule has 0 aromatic rings. The van der Waals surface area contributed by atoms with Gasteiger partial charge in [-0.05, 0) is 12.8 Å². The first-order valence-electron chi connectivity index (χ1n) is 15.0. The molecule has 0 unspecified atom stereocenters. The number of rotatable bonds is 29. The summed E-state index contributed by atoms with van der Waals surface area (Å²) in [6.45, 7) is 0. The molecular weight excluding hydrogens is 460 g/mol. The summed E-state index contributed by atoms with van der Waals surface area (Å²) >= 11 is 5.71. The van der Waals surface area contributed by atoms with Crippen LogP contribution < -0.4 is 0 Å². The highest BCUT2D eigenvalue weighted by molar-refractivity contribution is 6.60. The molecule has 0 saturated heterocycles. The Morgan fingerprint density at radius 2 is 0.559 bits per heavy atom. The van der Waals surface area contributed by atoms with Gasteiger partial charge in [-0.1, -0.05) is 141 Å². The largest absolute Gasteiger partial charge is 0.500 e. The Morgan fingerprint density at radius 1 is 0.353 bits per heavy atom. The van der Waals surface area contributed by atoms with E-state index >= 15 is 0 Å². The molecule has 0 amide bonds. The highest BCUT2D eigenvalue weighted by atomic mass is 35.5. The first-order chi connectivity index (χ1) is 16.7. The third-order valence-corrected chi connectivity index (χ3v) is 10.4. The molecule has 0 fully saturated rings. The molecule has 5 heteroatoms. The van der Waals surface area contributed by atoms with E-state index in [9.17, 15) is 0 Å². The van der Waals surface area contributed by atoms with Gasteiger partial charge in [0.2, 0.25) is 0 Å². The molecule has 34 heavy (non-hydrogen) atoms. The zero-order valence-corrected chi connectivity index (χ0v) is 25.2. The summed E-state index contributed by atoms with van der Waals surface area (Å²) in [5.74, 6) is 0.839. The van der Waals surface area contributed by atoms with Crippen molar-refractivity contribution in [2.45, 2.75) is 160 Å². The Hall–Kier alpha value is 0.387. The van der Waals surface area contributed by atoms with Crippen molar-refractivity contribution in [3.05, 3.63) is 0 Å². The predicted molar refractivity (Wildman–Crippen MR) is 153 cm³/mol. The fourth-order valence-electron chi connectivity index (χ4n) is 4.88. The first-order valence-corrected chi connectivity index (χ1v) is 17.4. The summed E-state index contributed by atoms with van der Waals surface area (Å²) in [6, 6.07) is 0.937. The van der Waals surface area contributed by atoms with E-state index in [0.717, 1.165) is 18.3 Å². The first kappa shape index (κ1) is 34.4. The molecule has 0 radical (unpaired) electrons. The lowest BCUT2D eigenvalue weighted by Gasteiger charge is -2.24. The van der Waals surface area contributed by atoms with Gasteiger partial charge in [-0.25, -0.2) is 0 Å². The van der Waals surface area contributed by atoms with Gasteiger partial charge in [-0.2, -0.15) is 0 Å². The zero-order chi connectivity index (χ0) is 25.0. The lowest BCUT2D eigenvalue weighted by molar-refractivity contribution is 0.122. The standard InChI is InChI=1S/C29H61ClO3Si/c1-31-34(32-2,33-3)29-27-25-23-21-19-17-15-13-11-9-7-5-4-6-8-10-12-14-16-18-20-22-24-26-28-30/h4-29H2,1-3H3. The van der Waals surface area contributed by atoms with E-state index < -0.39 is 8.80 Å². The minimum Gasteiger partial charge on any atom is -0.377 e. The van der Waals surface area contributed by atoms with Gasteiger partial charge in [-0.15, -0.1) is 11.6 Å². The van der Waals surface area contributed by atoms with Crippen LogP contribution in [0.15, 0.2) is 0 Å². The maximum absolute atomic E-state index is 5.71.